The molecule has 2 nitrogen and oxygen atoms in total. The number of anilines is 3. The van der Waals surface area contributed by atoms with Crippen molar-refractivity contribution in [3.05, 3.63) is 348 Å². The fourth-order valence-electron chi connectivity index (χ4n) is 15.6. The van der Waals surface area contributed by atoms with E-state index in [1.54, 1.807) is 0 Å². The average Bonchev–Trinajstić information content (AvgIpc) is 1.95. The fourth-order valence-corrected chi connectivity index (χ4v) is 15.6. The van der Waals surface area contributed by atoms with Crippen molar-refractivity contribution in [1.82, 2.24) is 4.57 Å². The summed E-state index contributed by atoms with van der Waals surface area (Å²) in [7, 11) is 0. The van der Waals surface area contributed by atoms with E-state index < -0.39 is 10.8 Å². The Morgan fingerprint density at radius 2 is 0.707 bits per heavy atom. The summed E-state index contributed by atoms with van der Waals surface area (Å²) in [6.07, 6.45) is 0. The zero-order valence-electron chi connectivity index (χ0n) is 44.8. The lowest BCUT2D eigenvalue weighted by Crippen LogP contribution is -2.33. The van der Waals surface area contributed by atoms with Crippen molar-refractivity contribution in [3.8, 4) is 72.4 Å². The van der Waals surface area contributed by atoms with E-state index in [0.717, 1.165) is 22.6 Å². The van der Waals surface area contributed by atoms with Crippen LogP contribution in [0, 0.1) is 0 Å². The molecule has 0 saturated heterocycles. The zero-order valence-corrected chi connectivity index (χ0v) is 44.8. The van der Waals surface area contributed by atoms with E-state index in [0.29, 0.717) is 0 Å². The van der Waals surface area contributed by atoms with E-state index in [1.165, 1.54) is 133 Å². The van der Waals surface area contributed by atoms with Gasteiger partial charge in [0.15, 0.2) is 0 Å². The van der Waals surface area contributed by atoms with Crippen LogP contribution in [0.2, 0.25) is 0 Å². The van der Waals surface area contributed by atoms with E-state index in [4.69, 9.17) is 0 Å². The molecular weight excluding hydrogens is 989 g/mol. The van der Waals surface area contributed by atoms with E-state index in [2.05, 4.69) is 313 Å². The van der Waals surface area contributed by atoms with Gasteiger partial charge in [-0.2, -0.15) is 0 Å². The molecule has 1 unspecified atom stereocenters. The van der Waals surface area contributed by atoms with Crippen LogP contribution in [0.15, 0.2) is 303 Å². The molecule has 2 spiro atoms. The van der Waals surface area contributed by atoms with Crippen molar-refractivity contribution in [2.75, 3.05) is 4.90 Å². The van der Waals surface area contributed by atoms with Gasteiger partial charge in [0.2, 0.25) is 0 Å². The molecule has 380 valence electrons. The molecule has 1 atom stereocenters. The second-order valence-corrected chi connectivity index (χ2v) is 22.6. The summed E-state index contributed by atoms with van der Waals surface area (Å²) in [5.41, 5.74) is 31.5. The van der Waals surface area contributed by atoms with Crippen molar-refractivity contribution in [1.29, 1.82) is 0 Å². The second-order valence-electron chi connectivity index (χ2n) is 22.6. The molecule has 3 aliphatic carbocycles. The van der Waals surface area contributed by atoms with Crippen LogP contribution >= 0.6 is 0 Å². The molecule has 13 aromatic carbocycles. The van der Waals surface area contributed by atoms with Crippen molar-refractivity contribution in [2.24, 2.45) is 0 Å². The normalized spacial score (nSPS) is 15.0. The monoisotopic (exact) mass is 1040 g/mol. The Hall–Kier alpha value is -10.5. The number of hydrogen-bond acceptors (Lipinski definition) is 1. The second kappa shape index (κ2) is 17.0. The molecule has 4 aliphatic rings. The fraction of sp³-hybridized carbons (Fsp3) is 0.0250. The smallest absolute Gasteiger partial charge is 0.0754 e. The van der Waals surface area contributed by atoms with Gasteiger partial charge >= 0.3 is 0 Å². The van der Waals surface area contributed by atoms with Crippen LogP contribution in [0.4, 0.5) is 17.1 Å². The molecule has 1 aliphatic heterocycles. The molecule has 14 aromatic rings. The van der Waals surface area contributed by atoms with Crippen molar-refractivity contribution < 1.29 is 0 Å². The summed E-state index contributed by atoms with van der Waals surface area (Å²) < 4.78 is 2.53. The highest BCUT2D eigenvalue weighted by molar-refractivity contribution is 6.13. The number of benzene rings is 13. The number of rotatable bonds is 6. The Morgan fingerprint density at radius 3 is 1.40 bits per heavy atom. The molecule has 1 aromatic heterocycles. The van der Waals surface area contributed by atoms with Gasteiger partial charge in [-0.25, -0.2) is 0 Å². The zero-order chi connectivity index (χ0) is 53.7. The Morgan fingerprint density at radius 1 is 0.256 bits per heavy atom. The van der Waals surface area contributed by atoms with Gasteiger partial charge in [-0.15, -0.1) is 0 Å². The summed E-state index contributed by atoms with van der Waals surface area (Å²) in [4.78, 5) is 2.52. The maximum absolute atomic E-state index is 2.53. The highest BCUT2D eigenvalue weighted by Gasteiger charge is 2.53. The van der Waals surface area contributed by atoms with Gasteiger partial charge in [-0.1, -0.05) is 255 Å². The van der Waals surface area contributed by atoms with Crippen molar-refractivity contribution in [2.45, 2.75) is 10.8 Å². The summed E-state index contributed by atoms with van der Waals surface area (Å²) in [5, 5.41) is 2.56. The third kappa shape index (κ3) is 5.92. The van der Waals surface area contributed by atoms with Crippen LogP contribution in [0.5, 0.6) is 0 Å². The molecular formula is C80H50N2. The topological polar surface area (TPSA) is 8.17 Å². The molecule has 18 rings (SSSR count). The van der Waals surface area contributed by atoms with Gasteiger partial charge in [0.25, 0.3) is 0 Å². The number of aromatic nitrogens is 1. The molecule has 0 fully saturated rings. The Labute approximate surface area is 476 Å². The number of para-hydroxylation sites is 3. The first-order chi connectivity index (χ1) is 40.7. The lowest BCUT2D eigenvalue weighted by atomic mass is 9.65. The molecule has 0 amide bonds. The van der Waals surface area contributed by atoms with E-state index in [1.807, 2.05) is 0 Å². The van der Waals surface area contributed by atoms with E-state index >= 15 is 0 Å². The molecule has 2 heterocycles. The first-order valence-corrected chi connectivity index (χ1v) is 28.7. The predicted octanol–water partition coefficient (Wildman–Crippen LogP) is 20.3. The number of fused-ring (bicyclic) bond motifs is 22. The van der Waals surface area contributed by atoms with E-state index in [9.17, 15) is 0 Å². The summed E-state index contributed by atoms with van der Waals surface area (Å²) in [6, 6.07) is 114. The average molecular weight is 1040 g/mol. The predicted molar refractivity (Wildman–Crippen MR) is 339 cm³/mol. The lowest BCUT2D eigenvalue weighted by molar-refractivity contribution is 0.749. The summed E-state index contributed by atoms with van der Waals surface area (Å²) >= 11 is 0. The number of nitrogens with zero attached hydrogens (tertiary/aromatic N) is 2. The van der Waals surface area contributed by atoms with Crippen LogP contribution in [-0.4, -0.2) is 4.57 Å². The van der Waals surface area contributed by atoms with Crippen LogP contribution in [-0.2, 0) is 10.8 Å². The van der Waals surface area contributed by atoms with Crippen molar-refractivity contribution >= 4 is 38.9 Å². The molecule has 0 radical (unpaired) electrons. The third-order valence-electron chi connectivity index (χ3n) is 18.8. The van der Waals surface area contributed by atoms with Gasteiger partial charge in [0.1, 0.15) is 0 Å². The Balaban J connectivity index is 0.841. The van der Waals surface area contributed by atoms with Crippen molar-refractivity contribution in [3.63, 3.8) is 0 Å². The van der Waals surface area contributed by atoms with Gasteiger partial charge < -0.3 is 9.47 Å². The molecule has 0 N–H and O–H groups in total. The minimum absolute atomic E-state index is 0.479. The summed E-state index contributed by atoms with van der Waals surface area (Å²) in [5.74, 6) is 0. The highest BCUT2D eigenvalue weighted by Crippen LogP contribution is 2.65. The molecule has 0 saturated carbocycles. The number of hydrogen-bond donors (Lipinski definition) is 0. The Bertz CT molecular complexity index is 4940. The summed E-state index contributed by atoms with van der Waals surface area (Å²) in [6.45, 7) is 0. The Kier molecular flexibility index (Phi) is 9.39. The largest absolute Gasteiger partial charge is 0.310 e. The standard InChI is InChI=1S/C80H50N2/c1-2-19-51(20-3-1)52-39-41-53(42-40-52)54-43-46-57(47-44-54)81(76-38-18-34-71-77(76)65-27-7-12-32-69(65)79(71)66-29-9-4-23-59(66)60-24-5-10-30-67(60)79)58-22-16-21-55(49-58)56-45-48-62-61-25-6-11-31-68(61)80(73(62)50-56)70-33-13-15-37-75(70)82-74-36-14-8-26-63(74)64-28-17-35-72(80)78(64)82/h1-50H. The third-order valence-corrected chi connectivity index (χ3v) is 18.8. The van der Waals surface area contributed by atoms with Crippen LogP contribution < -0.4 is 4.90 Å². The van der Waals surface area contributed by atoms with Crippen LogP contribution in [0.25, 0.3) is 94.3 Å². The van der Waals surface area contributed by atoms with Gasteiger partial charge in [-0.05, 0) is 154 Å². The van der Waals surface area contributed by atoms with Crippen LogP contribution in [0.3, 0.4) is 0 Å². The van der Waals surface area contributed by atoms with E-state index in [-0.39, 0.29) is 0 Å². The van der Waals surface area contributed by atoms with Gasteiger partial charge in [0, 0.05) is 27.7 Å². The SMILES string of the molecule is c1ccc(-c2ccc(-c3ccc(N(c4cccc(-c5ccc6c(c5)C5(c7ccccc7-6)c6ccccc6-n6c7ccccc7c7cccc5c76)c4)c4cccc5c4-c4ccccc4C54c5ccccc5-c5ccccc54)cc3)cc2)cc1. The van der Waals surface area contributed by atoms with Gasteiger partial charge in [-0.3, -0.25) is 0 Å². The quantitative estimate of drug-likeness (QED) is 0.161. The molecule has 82 heavy (non-hydrogen) atoms. The maximum Gasteiger partial charge on any atom is 0.0754 e. The highest BCUT2D eigenvalue weighted by atomic mass is 15.1. The van der Waals surface area contributed by atoms with Gasteiger partial charge in [0.05, 0.1) is 33.2 Å². The lowest BCUT2D eigenvalue weighted by Gasteiger charge is -2.39. The minimum Gasteiger partial charge on any atom is -0.310 e. The maximum atomic E-state index is 2.53. The molecule has 2 heteroatoms. The van der Waals surface area contributed by atoms with Crippen LogP contribution in [0.1, 0.15) is 44.5 Å². The molecule has 0 bridgehead atoms. The minimum atomic E-state index is -0.554. The first kappa shape index (κ1) is 45.3. The first-order valence-electron chi connectivity index (χ1n) is 28.7.